The van der Waals surface area contributed by atoms with Gasteiger partial charge in [-0.1, -0.05) is 19.1 Å². The zero-order valence-corrected chi connectivity index (χ0v) is 12.3. The summed E-state index contributed by atoms with van der Waals surface area (Å²) >= 11 is 0. The zero-order chi connectivity index (χ0) is 14.8. The van der Waals surface area contributed by atoms with E-state index in [4.69, 9.17) is 0 Å². The molecule has 0 atom stereocenters. The summed E-state index contributed by atoms with van der Waals surface area (Å²) in [7, 11) is -3.93. The summed E-state index contributed by atoms with van der Waals surface area (Å²) in [6, 6.07) is 5.22. The predicted molar refractivity (Wildman–Crippen MR) is 74.2 cm³/mol. The van der Waals surface area contributed by atoms with Crippen molar-refractivity contribution < 1.29 is 17.9 Å². The molecule has 112 valence electrons. The fraction of sp³-hybridized carbons (Fsp3) is 0.571. The molecule has 0 aliphatic heterocycles. The molecular weight excluding hydrogens is 281 g/mol. The van der Waals surface area contributed by atoms with Crippen LogP contribution in [0.3, 0.4) is 0 Å². The van der Waals surface area contributed by atoms with Crippen molar-refractivity contribution >= 4 is 10.0 Å². The molecule has 1 fully saturated rings. The molecule has 0 heterocycles. The Bertz CT molecular complexity index is 566. The fourth-order valence-electron chi connectivity index (χ4n) is 2.45. The minimum Gasteiger partial charge on any atom is -0.389 e. The molecule has 0 amide bonds. The molecule has 1 aliphatic carbocycles. The van der Waals surface area contributed by atoms with E-state index in [-0.39, 0.29) is 11.4 Å². The van der Waals surface area contributed by atoms with E-state index in [1.807, 2.05) is 0 Å². The zero-order valence-electron chi connectivity index (χ0n) is 11.5. The van der Waals surface area contributed by atoms with Crippen molar-refractivity contribution in [3.63, 3.8) is 0 Å². The van der Waals surface area contributed by atoms with Crippen molar-refractivity contribution in [2.75, 3.05) is 6.54 Å². The van der Waals surface area contributed by atoms with E-state index in [0.29, 0.717) is 18.8 Å². The van der Waals surface area contributed by atoms with Crippen molar-refractivity contribution in [3.8, 4) is 0 Å². The summed E-state index contributed by atoms with van der Waals surface area (Å²) in [5.41, 5.74) is -1.02. The van der Waals surface area contributed by atoms with Gasteiger partial charge in [0.15, 0.2) is 0 Å². The number of halogens is 1. The van der Waals surface area contributed by atoms with E-state index in [2.05, 4.69) is 11.6 Å². The molecule has 0 unspecified atom stereocenters. The lowest BCUT2D eigenvalue weighted by molar-refractivity contribution is -0.00183. The fourth-order valence-corrected chi connectivity index (χ4v) is 3.64. The van der Waals surface area contributed by atoms with Gasteiger partial charge >= 0.3 is 0 Å². The number of nitrogens with one attached hydrogen (secondary N) is 1. The minimum absolute atomic E-state index is 0.0730. The Morgan fingerprint density at radius 2 is 1.95 bits per heavy atom. The Morgan fingerprint density at radius 3 is 2.55 bits per heavy atom. The molecule has 2 rings (SSSR count). The van der Waals surface area contributed by atoms with Gasteiger partial charge in [-0.3, -0.25) is 0 Å². The van der Waals surface area contributed by atoms with Crippen molar-refractivity contribution in [3.05, 3.63) is 30.1 Å². The highest BCUT2D eigenvalue weighted by Crippen LogP contribution is 2.31. The summed E-state index contributed by atoms with van der Waals surface area (Å²) in [5, 5.41) is 10.3. The van der Waals surface area contributed by atoms with Crippen molar-refractivity contribution in [1.82, 2.24) is 4.72 Å². The number of hydrogen-bond acceptors (Lipinski definition) is 3. The maximum Gasteiger partial charge on any atom is 0.243 e. The quantitative estimate of drug-likeness (QED) is 0.894. The molecule has 20 heavy (non-hydrogen) atoms. The summed E-state index contributed by atoms with van der Waals surface area (Å²) in [6.07, 6.45) is 2.87. The van der Waals surface area contributed by atoms with Crippen LogP contribution in [0.4, 0.5) is 4.39 Å². The van der Waals surface area contributed by atoms with Crippen LogP contribution >= 0.6 is 0 Å². The molecule has 1 aromatic rings. The Morgan fingerprint density at radius 1 is 1.35 bits per heavy atom. The SMILES string of the molecule is CC1CCC(O)(CNS(=O)(=O)c2ccccc2F)CC1. The number of hydrogen-bond donors (Lipinski definition) is 2. The summed E-state index contributed by atoms with van der Waals surface area (Å²) in [5.74, 6) is -0.234. The van der Waals surface area contributed by atoms with Gasteiger partial charge in [0.25, 0.3) is 0 Å². The first-order chi connectivity index (χ1) is 9.32. The molecule has 2 N–H and O–H groups in total. The molecule has 1 saturated carbocycles. The standard InChI is InChI=1S/C14H20FNO3S/c1-11-6-8-14(17,9-7-11)10-16-20(18,19)13-5-3-2-4-12(13)15/h2-5,11,16-17H,6-10H2,1H3. The summed E-state index contributed by atoms with van der Waals surface area (Å²) in [4.78, 5) is -0.382. The topological polar surface area (TPSA) is 66.4 Å². The Balaban J connectivity index is 2.05. The molecule has 0 radical (unpaired) electrons. The number of benzene rings is 1. The lowest BCUT2D eigenvalue weighted by atomic mass is 9.80. The maximum absolute atomic E-state index is 13.5. The molecule has 0 spiro atoms. The van der Waals surface area contributed by atoms with E-state index < -0.39 is 21.4 Å². The highest BCUT2D eigenvalue weighted by molar-refractivity contribution is 7.89. The normalized spacial score (nSPS) is 27.4. The molecule has 1 aromatic carbocycles. The van der Waals surface area contributed by atoms with Gasteiger partial charge in [-0.15, -0.1) is 0 Å². The Labute approximate surface area is 119 Å². The predicted octanol–water partition coefficient (Wildman–Crippen LogP) is 2.05. The first-order valence-corrected chi connectivity index (χ1v) is 8.27. The highest BCUT2D eigenvalue weighted by Gasteiger charge is 2.33. The minimum atomic E-state index is -3.93. The van der Waals surface area contributed by atoms with Crippen LogP contribution in [-0.2, 0) is 10.0 Å². The molecule has 1 aliphatic rings. The summed E-state index contributed by atoms with van der Waals surface area (Å²) in [6.45, 7) is 2.04. The number of aliphatic hydroxyl groups is 1. The van der Waals surface area contributed by atoms with Gasteiger partial charge in [0.1, 0.15) is 10.7 Å². The van der Waals surface area contributed by atoms with Crippen LogP contribution in [-0.4, -0.2) is 25.7 Å². The van der Waals surface area contributed by atoms with Gasteiger partial charge in [0.2, 0.25) is 10.0 Å². The molecular formula is C14H20FNO3S. The van der Waals surface area contributed by atoms with Crippen LogP contribution in [0.1, 0.15) is 32.6 Å². The van der Waals surface area contributed by atoms with Crippen LogP contribution in [0.2, 0.25) is 0 Å². The second-order valence-corrected chi connectivity index (χ2v) is 7.40. The van der Waals surface area contributed by atoms with Gasteiger partial charge in [-0.05, 0) is 43.7 Å². The van der Waals surface area contributed by atoms with Gasteiger partial charge in [0.05, 0.1) is 5.60 Å². The van der Waals surface area contributed by atoms with Crippen LogP contribution in [0.5, 0.6) is 0 Å². The Hall–Kier alpha value is -0.980. The molecule has 0 saturated heterocycles. The lowest BCUT2D eigenvalue weighted by Crippen LogP contribution is -2.45. The van der Waals surface area contributed by atoms with E-state index in [1.165, 1.54) is 18.2 Å². The molecule has 6 heteroatoms. The second kappa shape index (κ2) is 5.79. The Kier molecular flexibility index (Phi) is 4.46. The molecule has 0 bridgehead atoms. The maximum atomic E-state index is 13.5. The highest BCUT2D eigenvalue weighted by atomic mass is 32.2. The number of sulfonamides is 1. The van der Waals surface area contributed by atoms with E-state index in [0.717, 1.165) is 18.9 Å². The summed E-state index contributed by atoms with van der Waals surface area (Å²) < 4.78 is 39.9. The van der Waals surface area contributed by atoms with Gasteiger partial charge < -0.3 is 5.11 Å². The third-order valence-corrected chi connectivity index (χ3v) is 5.36. The largest absolute Gasteiger partial charge is 0.389 e. The van der Waals surface area contributed by atoms with Gasteiger partial charge in [-0.2, -0.15) is 0 Å². The molecule has 0 aromatic heterocycles. The second-order valence-electron chi connectivity index (χ2n) is 5.66. The van der Waals surface area contributed by atoms with Crippen LogP contribution in [0.25, 0.3) is 0 Å². The molecule has 4 nitrogen and oxygen atoms in total. The van der Waals surface area contributed by atoms with E-state index >= 15 is 0 Å². The third-order valence-electron chi connectivity index (χ3n) is 3.92. The average molecular weight is 301 g/mol. The first-order valence-electron chi connectivity index (χ1n) is 6.79. The lowest BCUT2D eigenvalue weighted by Gasteiger charge is -2.34. The van der Waals surface area contributed by atoms with Crippen LogP contribution in [0, 0.1) is 11.7 Å². The van der Waals surface area contributed by atoms with E-state index in [9.17, 15) is 17.9 Å². The smallest absolute Gasteiger partial charge is 0.243 e. The van der Waals surface area contributed by atoms with Gasteiger partial charge in [0, 0.05) is 6.54 Å². The van der Waals surface area contributed by atoms with Crippen molar-refractivity contribution in [1.29, 1.82) is 0 Å². The monoisotopic (exact) mass is 301 g/mol. The van der Waals surface area contributed by atoms with E-state index in [1.54, 1.807) is 0 Å². The van der Waals surface area contributed by atoms with Crippen molar-refractivity contribution in [2.45, 2.75) is 43.1 Å². The van der Waals surface area contributed by atoms with Crippen molar-refractivity contribution in [2.24, 2.45) is 5.92 Å². The van der Waals surface area contributed by atoms with Crippen LogP contribution < -0.4 is 4.72 Å². The van der Waals surface area contributed by atoms with Crippen LogP contribution in [0.15, 0.2) is 29.2 Å². The third kappa shape index (κ3) is 3.56. The average Bonchev–Trinajstić information content (AvgIpc) is 2.41. The number of rotatable bonds is 4. The first kappa shape index (κ1) is 15.4. The van der Waals surface area contributed by atoms with Gasteiger partial charge in [-0.25, -0.2) is 17.5 Å².